The van der Waals surface area contributed by atoms with E-state index in [-0.39, 0.29) is 5.56 Å². The molecule has 0 fully saturated rings. The minimum absolute atomic E-state index is 0.0576. The van der Waals surface area contributed by atoms with E-state index < -0.39 is 22.3 Å². The zero-order valence-electron chi connectivity index (χ0n) is 5.66. The smallest absolute Gasteiger partial charge is 0.175 e. The van der Waals surface area contributed by atoms with E-state index in [0.717, 1.165) is 6.07 Å². The molecular formula is C7H5F3S. The van der Waals surface area contributed by atoms with Crippen LogP contribution >= 0.6 is 12.6 Å². The maximum atomic E-state index is 12.6. The number of hydrogen-bond donors (Lipinski definition) is 1. The van der Waals surface area contributed by atoms with Crippen molar-refractivity contribution in [3.63, 3.8) is 0 Å². The molecule has 1 aromatic rings. The lowest BCUT2D eigenvalue weighted by molar-refractivity contribution is 0.463. The van der Waals surface area contributed by atoms with E-state index in [1.807, 2.05) is 0 Å². The second-order valence-corrected chi connectivity index (χ2v) is 2.60. The predicted octanol–water partition coefficient (Wildman–Crippen LogP) is 2.70. The summed E-state index contributed by atoms with van der Waals surface area (Å²) in [5.74, 6) is -3.12. The maximum Gasteiger partial charge on any atom is 0.175 e. The summed E-state index contributed by atoms with van der Waals surface area (Å²) in [6, 6.07) is 0.904. The highest BCUT2D eigenvalue weighted by atomic mass is 32.1. The van der Waals surface area contributed by atoms with Gasteiger partial charge in [-0.2, -0.15) is 0 Å². The molecule has 0 aliphatic heterocycles. The van der Waals surface area contributed by atoms with Crippen molar-refractivity contribution in [3.8, 4) is 0 Å². The lowest BCUT2D eigenvalue weighted by atomic mass is 10.2. The lowest BCUT2D eigenvalue weighted by Crippen LogP contribution is -1.93. The Labute approximate surface area is 67.4 Å². The van der Waals surface area contributed by atoms with Gasteiger partial charge in [0.15, 0.2) is 11.6 Å². The Morgan fingerprint density at radius 3 is 2.27 bits per heavy atom. The van der Waals surface area contributed by atoms with Crippen LogP contribution in [0.3, 0.4) is 0 Å². The van der Waals surface area contributed by atoms with Gasteiger partial charge in [-0.05, 0) is 18.6 Å². The van der Waals surface area contributed by atoms with E-state index in [9.17, 15) is 13.2 Å². The molecule has 0 unspecified atom stereocenters. The summed E-state index contributed by atoms with van der Waals surface area (Å²) in [7, 11) is 0. The van der Waals surface area contributed by atoms with E-state index in [2.05, 4.69) is 12.6 Å². The molecule has 0 atom stereocenters. The van der Waals surface area contributed by atoms with Crippen LogP contribution in [0.15, 0.2) is 11.0 Å². The first-order chi connectivity index (χ1) is 5.04. The Balaban J connectivity index is 3.46. The normalized spacial score (nSPS) is 10.3. The molecule has 0 aliphatic rings. The van der Waals surface area contributed by atoms with Gasteiger partial charge >= 0.3 is 0 Å². The molecular weight excluding hydrogens is 173 g/mol. The van der Waals surface area contributed by atoms with Crippen molar-refractivity contribution in [2.24, 2.45) is 0 Å². The standard InChI is InChI=1S/C7H5F3S/c1-3-2-4(8)7(11)6(10)5(3)9/h2,11H,1H3. The van der Waals surface area contributed by atoms with Crippen molar-refractivity contribution in [2.75, 3.05) is 0 Å². The summed E-state index contributed by atoms with van der Waals surface area (Å²) in [4.78, 5) is -0.576. The molecule has 0 spiro atoms. The first-order valence-corrected chi connectivity index (χ1v) is 3.32. The van der Waals surface area contributed by atoms with E-state index in [4.69, 9.17) is 0 Å². The van der Waals surface area contributed by atoms with Crippen LogP contribution in [0.2, 0.25) is 0 Å². The van der Waals surface area contributed by atoms with Gasteiger partial charge in [-0.1, -0.05) is 0 Å². The van der Waals surface area contributed by atoms with Gasteiger partial charge < -0.3 is 0 Å². The van der Waals surface area contributed by atoms with Crippen molar-refractivity contribution >= 4 is 12.6 Å². The van der Waals surface area contributed by atoms with E-state index in [0.29, 0.717) is 0 Å². The minimum Gasteiger partial charge on any atom is -0.206 e. The van der Waals surface area contributed by atoms with Gasteiger partial charge in [-0.3, -0.25) is 0 Å². The summed E-state index contributed by atoms with van der Waals surface area (Å²) in [5.41, 5.74) is -0.0576. The number of thiol groups is 1. The summed E-state index contributed by atoms with van der Waals surface area (Å²) < 4.78 is 37.7. The van der Waals surface area contributed by atoms with Crippen LogP contribution in [0.5, 0.6) is 0 Å². The molecule has 0 amide bonds. The number of aryl methyl sites for hydroxylation is 1. The minimum atomic E-state index is -1.23. The van der Waals surface area contributed by atoms with Crippen LogP contribution in [-0.2, 0) is 0 Å². The predicted molar refractivity (Wildman–Crippen MR) is 38.3 cm³/mol. The van der Waals surface area contributed by atoms with Crippen molar-refractivity contribution in [1.82, 2.24) is 0 Å². The van der Waals surface area contributed by atoms with Crippen molar-refractivity contribution in [3.05, 3.63) is 29.1 Å². The summed E-state index contributed by atoms with van der Waals surface area (Å²) in [5, 5.41) is 0. The molecule has 1 aromatic carbocycles. The average molecular weight is 178 g/mol. The highest BCUT2D eigenvalue weighted by Gasteiger charge is 2.12. The van der Waals surface area contributed by atoms with Crippen LogP contribution in [0.1, 0.15) is 5.56 Å². The van der Waals surface area contributed by atoms with Crippen LogP contribution in [0.25, 0.3) is 0 Å². The maximum absolute atomic E-state index is 12.6. The quantitative estimate of drug-likeness (QED) is 0.458. The van der Waals surface area contributed by atoms with Gasteiger partial charge in [0.1, 0.15) is 5.82 Å². The van der Waals surface area contributed by atoms with Crippen LogP contribution in [0, 0.1) is 24.4 Å². The molecule has 0 aliphatic carbocycles. The highest BCUT2D eigenvalue weighted by molar-refractivity contribution is 7.80. The molecule has 0 heterocycles. The monoisotopic (exact) mass is 178 g/mol. The highest BCUT2D eigenvalue weighted by Crippen LogP contribution is 2.21. The number of rotatable bonds is 0. The third-order valence-electron chi connectivity index (χ3n) is 1.32. The first-order valence-electron chi connectivity index (χ1n) is 2.87. The van der Waals surface area contributed by atoms with Gasteiger partial charge in [0.05, 0.1) is 4.90 Å². The number of benzene rings is 1. The fourth-order valence-electron chi connectivity index (χ4n) is 0.704. The molecule has 0 saturated carbocycles. The molecule has 0 nitrogen and oxygen atoms in total. The zero-order valence-corrected chi connectivity index (χ0v) is 6.55. The number of hydrogen-bond acceptors (Lipinski definition) is 1. The molecule has 0 saturated heterocycles. The second-order valence-electron chi connectivity index (χ2n) is 2.15. The van der Waals surface area contributed by atoms with Crippen molar-refractivity contribution < 1.29 is 13.2 Å². The summed E-state index contributed by atoms with van der Waals surface area (Å²) in [6.07, 6.45) is 0. The lowest BCUT2D eigenvalue weighted by Gasteiger charge is -2.01. The molecule has 0 radical (unpaired) electrons. The van der Waals surface area contributed by atoms with Crippen LogP contribution in [-0.4, -0.2) is 0 Å². The Hall–Kier alpha value is -0.640. The molecule has 0 N–H and O–H groups in total. The SMILES string of the molecule is Cc1cc(F)c(S)c(F)c1F. The molecule has 11 heavy (non-hydrogen) atoms. The molecule has 0 aromatic heterocycles. The average Bonchev–Trinajstić information content (AvgIpc) is 1.97. The largest absolute Gasteiger partial charge is 0.206 e. The van der Waals surface area contributed by atoms with Crippen LogP contribution in [0.4, 0.5) is 13.2 Å². The van der Waals surface area contributed by atoms with Gasteiger partial charge in [-0.25, -0.2) is 13.2 Å². The topological polar surface area (TPSA) is 0 Å². The molecule has 1 rings (SSSR count). The molecule has 0 bridgehead atoms. The summed E-state index contributed by atoms with van der Waals surface area (Å²) >= 11 is 3.44. The van der Waals surface area contributed by atoms with Crippen molar-refractivity contribution in [2.45, 2.75) is 11.8 Å². The number of halogens is 3. The van der Waals surface area contributed by atoms with Gasteiger partial charge in [0.2, 0.25) is 0 Å². The Bertz CT molecular complexity index is 270. The van der Waals surface area contributed by atoms with Gasteiger partial charge in [0.25, 0.3) is 0 Å². The molecule has 60 valence electrons. The Morgan fingerprint density at radius 1 is 1.18 bits per heavy atom. The third-order valence-corrected chi connectivity index (χ3v) is 1.73. The van der Waals surface area contributed by atoms with Gasteiger partial charge in [0, 0.05) is 0 Å². The first kappa shape index (κ1) is 8.46. The van der Waals surface area contributed by atoms with Crippen molar-refractivity contribution in [1.29, 1.82) is 0 Å². The second kappa shape index (κ2) is 2.77. The third kappa shape index (κ3) is 1.35. The zero-order chi connectivity index (χ0) is 8.59. The fraction of sp³-hybridized carbons (Fsp3) is 0.143. The summed E-state index contributed by atoms with van der Waals surface area (Å²) in [6.45, 7) is 1.29. The van der Waals surface area contributed by atoms with Gasteiger partial charge in [-0.15, -0.1) is 12.6 Å². The van der Waals surface area contributed by atoms with Crippen LogP contribution < -0.4 is 0 Å². The van der Waals surface area contributed by atoms with E-state index >= 15 is 0 Å². The Kier molecular flexibility index (Phi) is 2.13. The Morgan fingerprint density at radius 2 is 1.73 bits per heavy atom. The fourth-order valence-corrected chi connectivity index (χ4v) is 0.866. The van der Waals surface area contributed by atoms with E-state index in [1.54, 1.807) is 0 Å². The molecule has 4 heteroatoms. The van der Waals surface area contributed by atoms with E-state index in [1.165, 1.54) is 6.92 Å².